The SMILES string of the molecule is CCCCCCCCOC(=O)C(CCCC)OS(=O)(=O)O. The molecule has 0 amide bonds. The third-order valence-corrected chi connectivity index (χ3v) is 3.54. The van der Waals surface area contributed by atoms with Crippen molar-refractivity contribution < 1.29 is 26.7 Å². The number of carbonyl (C=O) groups is 1. The van der Waals surface area contributed by atoms with E-state index in [0.717, 1.165) is 25.7 Å². The molecule has 0 saturated heterocycles. The Hall–Kier alpha value is -0.660. The first-order chi connectivity index (χ1) is 9.90. The molecule has 0 rings (SSSR count). The number of rotatable bonds is 13. The van der Waals surface area contributed by atoms with Crippen LogP contribution >= 0.6 is 0 Å². The zero-order chi connectivity index (χ0) is 16.1. The van der Waals surface area contributed by atoms with Crippen LogP contribution in [0.2, 0.25) is 0 Å². The molecule has 21 heavy (non-hydrogen) atoms. The molecule has 1 N–H and O–H groups in total. The average Bonchev–Trinajstić information content (AvgIpc) is 2.41. The quantitative estimate of drug-likeness (QED) is 0.318. The Morgan fingerprint density at radius 2 is 1.57 bits per heavy atom. The van der Waals surface area contributed by atoms with Crippen LogP contribution in [0, 0.1) is 0 Å². The van der Waals surface area contributed by atoms with Crippen LogP contribution in [-0.2, 0) is 24.1 Å². The minimum Gasteiger partial charge on any atom is -0.464 e. The fourth-order valence-corrected chi connectivity index (χ4v) is 2.36. The summed E-state index contributed by atoms with van der Waals surface area (Å²) in [4.78, 5) is 11.7. The van der Waals surface area contributed by atoms with E-state index in [4.69, 9.17) is 9.29 Å². The molecule has 0 radical (unpaired) electrons. The van der Waals surface area contributed by atoms with Gasteiger partial charge in [0.1, 0.15) is 0 Å². The molecule has 0 aromatic rings. The zero-order valence-electron chi connectivity index (χ0n) is 13.0. The fraction of sp³-hybridized carbons (Fsp3) is 0.929. The van der Waals surface area contributed by atoms with E-state index in [-0.39, 0.29) is 13.0 Å². The van der Waals surface area contributed by atoms with Gasteiger partial charge in [-0.05, 0) is 12.8 Å². The molecular weight excluding hydrogens is 296 g/mol. The molecule has 126 valence electrons. The smallest absolute Gasteiger partial charge is 0.398 e. The van der Waals surface area contributed by atoms with Gasteiger partial charge in [-0.3, -0.25) is 4.55 Å². The van der Waals surface area contributed by atoms with Crippen molar-refractivity contribution in [3.63, 3.8) is 0 Å². The van der Waals surface area contributed by atoms with E-state index in [2.05, 4.69) is 11.1 Å². The van der Waals surface area contributed by atoms with Gasteiger partial charge in [0.2, 0.25) is 0 Å². The van der Waals surface area contributed by atoms with Crippen molar-refractivity contribution in [3.8, 4) is 0 Å². The Labute approximate surface area is 128 Å². The van der Waals surface area contributed by atoms with Gasteiger partial charge in [-0.1, -0.05) is 58.8 Å². The highest BCUT2D eigenvalue weighted by atomic mass is 32.3. The van der Waals surface area contributed by atoms with Crippen molar-refractivity contribution in [2.24, 2.45) is 0 Å². The van der Waals surface area contributed by atoms with E-state index in [1.165, 1.54) is 19.3 Å². The molecule has 1 atom stereocenters. The summed E-state index contributed by atoms with van der Waals surface area (Å²) in [5.74, 6) is -0.727. The number of hydrogen-bond donors (Lipinski definition) is 1. The maximum Gasteiger partial charge on any atom is 0.398 e. The van der Waals surface area contributed by atoms with Crippen LogP contribution in [0.3, 0.4) is 0 Å². The lowest BCUT2D eigenvalue weighted by Gasteiger charge is -2.14. The highest BCUT2D eigenvalue weighted by molar-refractivity contribution is 7.80. The van der Waals surface area contributed by atoms with E-state index in [9.17, 15) is 13.2 Å². The molecule has 0 bridgehead atoms. The molecule has 0 aromatic carbocycles. The summed E-state index contributed by atoms with van der Waals surface area (Å²) in [5, 5.41) is 0. The Kier molecular flexibility index (Phi) is 11.6. The average molecular weight is 324 g/mol. The minimum absolute atomic E-state index is 0.214. The largest absolute Gasteiger partial charge is 0.464 e. The summed E-state index contributed by atoms with van der Waals surface area (Å²) in [7, 11) is -4.65. The topological polar surface area (TPSA) is 89.9 Å². The summed E-state index contributed by atoms with van der Waals surface area (Å²) in [5.41, 5.74) is 0. The second-order valence-corrected chi connectivity index (χ2v) is 6.14. The van der Waals surface area contributed by atoms with Crippen LogP contribution in [0.5, 0.6) is 0 Å². The fourth-order valence-electron chi connectivity index (χ4n) is 1.89. The van der Waals surface area contributed by atoms with Gasteiger partial charge in [-0.15, -0.1) is 0 Å². The van der Waals surface area contributed by atoms with Crippen LogP contribution in [0.1, 0.15) is 71.6 Å². The lowest BCUT2D eigenvalue weighted by atomic mass is 10.1. The summed E-state index contributed by atoms with van der Waals surface area (Å²) >= 11 is 0. The summed E-state index contributed by atoms with van der Waals surface area (Å²) < 4.78 is 39.5. The molecule has 6 nitrogen and oxygen atoms in total. The van der Waals surface area contributed by atoms with Gasteiger partial charge in [0.15, 0.2) is 6.10 Å². The van der Waals surface area contributed by atoms with Crippen molar-refractivity contribution >= 4 is 16.4 Å². The summed E-state index contributed by atoms with van der Waals surface area (Å²) in [6.45, 7) is 4.31. The van der Waals surface area contributed by atoms with Gasteiger partial charge in [0.05, 0.1) is 6.61 Å². The summed E-state index contributed by atoms with van der Waals surface area (Å²) in [6.07, 6.45) is 6.77. The Morgan fingerprint density at radius 3 is 2.14 bits per heavy atom. The summed E-state index contributed by atoms with van der Waals surface area (Å²) in [6, 6.07) is 0. The molecule has 0 aliphatic heterocycles. The number of carbonyl (C=O) groups excluding carboxylic acids is 1. The van der Waals surface area contributed by atoms with Gasteiger partial charge in [0.25, 0.3) is 0 Å². The molecule has 0 fully saturated rings. The third kappa shape index (κ3) is 12.8. The number of hydrogen-bond acceptors (Lipinski definition) is 5. The molecule has 0 saturated carbocycles. The predicted octanol–water partition coefficient (Wildman–Crippen LogP) is 3.27. The van der Waals surface area contributed by atoms with E-state index in [0.29, 0.717) is 6.42 Å². The monoisotopic (exact) mass is 324 g/mol. The van der Waals surface area contributed by atoms with E-state index in [1.807, 2.05) is 6.92 Å². The molecule has 1 unspecified atom stereocenters. The van der Waals surface area contributed by atoms with Crippen LogP contribution in [0.4, 0.5) is 0 Å². The van der Waals surface area contributed by atoms with Crippen LogP contribution in [0.25, 0.3) is 0 Å². The predicted molar refractivity (Wildman–Crippen MR) is 80.3 cm³/mol. The lowest BCUT2D eigenvalue weighted by molar-refractivity contribution is -0.152. The van der Waals surface area contributed by atoms with Crippen molar-refractivity contribution in [3.05, 3.63) is 0 Å². The Bertz CT molecular complexity index is 366. The van der Waals surface area contributed by atoms with Crippen LogP contribution < -0.4 is 0 Å². The molecule has 0 aliphatic carbocycles. The number of esters is 1. The van der Waals surface area contributed by atoms with Crippen molar-refractivity contribution in [1.29, 1.82) is 0 Å². The van der Waals surface area contributed by atoms with E-state index >= 15 is 0 Å². The highest BCUT2D eigenvalue weighted by Crippen LogP contribution is 2.11. The molecule has 0 aliphatic rings. The van der Waals surface area contributed by atoms with Gasteiger partial charge in [-0.2, -0.15) is 8.42 Å². The normalized spacial score (nSPS) is 13.1. The zero-order valence-corrected chi connectivity index (χ0v) is 13.9. The number of ether oxygens (including phenoxy) is 1. The van der Waals surface area contributed by atoms with Gasteiger partial charge < -0.3 is 4.74 Å². The number of unbranched alkanes of at least 4 members (excludes halogenated alkanes) is 6. The van der Waals surface area contributed by atoms with Gasteiger partial charge >= 0.3 is 16.4 Å². The van der Waals surface area contributed by atoms with Gasteiger partial charge in [0, 0.05) is 0 Å². The third-order valence-electron chi connectivity index (χ3n) is 3.06. The van der Waals surface area contributed by atoms with Crippen molar-refractivity contribution in [2.45, 2.75) is 77.7 Å². The maximum atomic E-state index is 11.7. The van der Waals surface area contributed by atoms with Crippen molar-refractivity contribution in [2.75, 3.05) is 6.61 Å². The maximum absolute atomic E-state index is 11.7. The first kappa shape index (κ1) is 20.3. The first-order valence-electron chi connectivity index (χ1n) is 7.73. The van der Waals surface area contributed by atoms with Crippen molar-refractivity contribution in [1.82, 2.24) is 0 Å². The molecule has 7 heteroatoms. The van der Waals surface area contributed by atoms with E-state index in [1.54, 1.807) is 0 Å². The molecule has 0 heterocycles. The minimum atomic E-state index is -4.65. The Morgan fingerprint density at radius 1 is 1.00 bits per heavy atom. The van der Waals surface area contributed by atoms with Crippen LogP contribution in [-0.4, -0.2) is 31.7 Å². The molecular formula is C14H28O6S. The van der Waals surface area contributed by atoms with Crippen LogP contribution in [0.15, 0.2) is 0 Å². The van der Waals surface area contributed by atoms with Gasteiger partial charge in [-0.25, -0.2) is 8.98 Å². The first-order valence-corrected chi connectivity index (χ1v) is 9.09. The molecule has 0 spiro atoms. The lowest BCUT2D eigenvalue weighted by Crippen LogP contribution is -2.29. The highest BCUT2D eigenvalue weighted by Gasteiger charge is 2.25. The second kappa shape index (κ2) is 11.9. The Balaban J connectivity index is 3.99. The molecule has 0 aromatic heterocycles. The van der Waals surface area contributed by atoms with E-state index < -0.39 is 22.5 Å². The second-order valence-electron chi connectivity index (χ2n) is 5.09. The standard InChI is InChI=1S/C14H28O6S/c1-3-5-7-8-9-10-12-19-14(15)13(11-6-4-2)20-21(16,17)18/h13H,3-12H2,1-2H3,(H,16,17,18).